The molecule has 0 spiro atoms. The molecule has 5 heteroatoms. The van der Waals surface area contributed by atoms with Crippen LogP contribution in [-0.4, -0.2) is 11.8 Å². The van der Waals surface area contributed by atoms with E-state index in [4.69, 9.17) is 5.73 Å². The summed E-state index contributed by atoms with van der Waals surface area (Å²) in [4.78, 5) is 27.2. The molecule has 0 bridgehead atoms. The Morgan fingerprint density at radius 3 is 2.35 bits per heavy atom. The Kier molecular flexibility index (Phi) is 4.09. The lowest BCUT2D eigenvalue weighted by atomic mass is 10.0. The number of nitrogens with two attached hydrogens (primary N) is 1. The first-order chi connectivity index (χ1) is 12.6. The van der Waals surface area contributed by atoms with Crippen LogP contribution in [0.25, 0.3) is 0 Å². The minimum absolute atomic E-state index is 0.101. The second-order valence-corrected chi connectivity index (χ2v) is 7.31. The number of fused-ring (bicyclic) bond motifs is 2. The molecule has 0 fully saturated rings. The zero-order valence-corrected chi connectivity index (χ0v) is 15.2. The Balaban J connectivity index is 1.82. The van der Waals surface area contributed by atoms with Gasteiger partial charge in [-0.2, -0.15) is 0 Å². The molecule has 2 aromatic carbocycles. The van der Waals surface area contributed by atoms with Gasteiger partial charge in [0, 0.05) is 11.1 Å². The molecule has 2 N–H and O–H groups in total. The molecule has 0 saturated heterocycles. The molecule has 1 aromatic heterocycles. The maximum absolute atomic E-state index is 13.4. The molecule has 1 aliphatic heterocycles. The minimum atomic E-state index is -0.492. The van der Waals surface area contributed by atoms with Gasteiger partial charge in [-0.3, -0.25) is 9.59 Å². The highest BCUT2D eigenvalue weighted by molar-refractivity contribution is 7.12. The van der Waals surface area contributed by atoms with Crippen molar-refractivity contribution in [2.75, 3.05) is 4.90 Å². The number of nitrogens with zero attached hydrogens (tertiary/aromatic N) is 1. The normalized spacial score (nSPS) is 12.9. The number of para-hydroxylation sites is 1. The highest BCUT2D eigenvalue weighted by Gasteiger charge is 2.27. The van der Waals surface area contributed by atoms with Crippen LogP contribution in [0.3, 0.4) is 0 Å². The summed E-state index contributed by atoms with van der Waals surface area (Å²) < 4.78 is 0. The molecule has 0 atom stereocenters. The highest BCUT2D eigenvalue weighted by atomic mass is 32.1. The fraction of sp³-hybridized carbons (Fsp3) is 0.143. The number of carbonyl (C=O) groups excluding carboxylic acids is 2. The number of hydrogen-bond acceptors (Lipinski definition) is 3. The molecule has 0 unspecified atom stereocenters. The van der Waals surface area contributed by atoms with E-state index in [1.54, 1.807) is 17.2 Å². The summed E-state index contributed by atoms with van der Waals surface area (Å²) in [5.41, 5.74) is 11.0. The van der Waals surface area contributed by atoms with E-state index in [1.807, 2.05) is 30.3 Å². The van der Waals surface area contributed by atoms with Crippen molar-refractivity contribution in [2.24, 2.45) is 5.73 Å². The van der Waals surface area contributed by atoms with E-state index < -0.39 is 5.91 Å². The van der Waals surface area contributed by atoms with Gasteiger partial charge in [-0.05, 0) is 41.7 Å². The van der Waals surface area contributed by atoms with Crippen LogP contribution in [0, 0.1) is 6.92 Å². The van der Waals surface area contributed by atoms with Crippen molar-refractivity contribution in [1.82, 2.24) is 0 Å². The molecule has 130 valence electrons. The number of rotatable bonds is 2. The topological polar surface area (TPSA) is 63.4 Å². The maximum Gasteiger partial charge on any atom is 0.259 e. The van der Waals surface area contributed by atoms with Crippen molar-refractivity contribution in [1.29, 1.82) is 0 Å². The Bertz CT molecular complexity index is 1020. The maximum atomic E-state index is 13.4. The van der Waals surface area contributed by atoms with Crippen LogP contribution >= 0.6 is 11.3 Å². The molecule has 2 amide bonds. The predicted octanol–water partition coefficient (Wildman–Crippen LogP) is 3.91. The molecule has 4 nitrogen and oxygen atoms in total. The number of hydrogen-bond donors (Lipinski definition) is 1. The summed E-state index contributed by atoms with van der Waals surface area (Å²) in [7, 11) is 0. The molecule has 0 radical (unpaired) electrons. The molecule has 4 rings (SSSR count). The van der Waals surface area contributed by atoms with Crippen LogP contribution in [0.1, 0.15) is 42.3 Å². The number of primary amides is 1. The second-order valence-electron chi connectivity index (χ2n) is 6.43. The molecule has 0 aliphatic carbocycles. The SMILES string of the molecule is Cc1c(C(=O)N2Cc3ccccc3Cc3ccccc32)csc1C(N)=O. The van der Waals surface area contributed by atoms with Crippen LogP contribution in [0.2, 0.25) is 0 Å². The second kappa shape index (κ2) is 6.42. The predicted molar refractivity (Wildman–Crippen MR) is 104 cm³/mol. The van der Waals surface area contributed by atoms with Gasteiger partial charge in [-0.15, -0.1) is 11.3 Å². The Morgan fingerprint density at radius 1 is 1.00 bits per heavy atom. The van der Waals surface area contributed by atoms with Crippen molar-refractivity contribution < 1.29 is 9.59 Å². The number of amides is 2. The quantitative estimate of drug-likeness (QED) is 0.751. The van der Waals surface area contributed by atoms with Gasteiger partial charge >= 0.3 is 0 Å². The fourth-order valence-corrected chi connectivity index (χ4v) is 4.38. The van der Waals surface area contributed by atoms with Crippen LogP contribution in [0.5, 0.6) is 0 Å². The number of thiophene rings is 1. The van der Waals surface area contributed by atoms with E-state index in [0.717, 1.165) is 23.2 Å². The molecular weight excluding hydrogens is 344 g/mol. The van der Waals surface area contributed by atoms with E-state index in [1.165, 1.54) is 16.9 Å². The van der Waals surface area contributed by atoms with Gasteiger partial charge in [0.25, 0.3) is 11.8 Å². The van der Waals surface area contributed by atoms with Gasteiger partial charge in [0.1, 0.15) is 0 Å². The zero-order valence-electron chi connectivity index (χ0n) is 14.4. The third kappa shape index (κ3) is 2.70. The van der Waals surface area contributed by atoms with Crippen molar-refractivity contribution >= 4 is 28.8 Å². The van der Waals surface area contributed by atoms with E-state index in [9.17, 15) is 9.59 Å². The van der Waals surface area contributed by atoms with Gasteiger partial charge in [-0.25, -0.2) is 0 Å². The van der Waals surface area contributed by atoms with E-state index in [2.05, 4.69) is 18.2 Å². The molecule has 3 aromatic rings. The Hall–Kier alpha value is -2.92. The first-order valence-electron chi connectivity index (χ1n) is 8.40. The van der Waals surface area contributed by atoms with Gasteiger partial charge < -0.3 is 10.6 Å². The Morgan fingerprint density at radius 2 is 1.65 bits per heavy atom. The first kappa shape index (κ1) is 16.5. The van der Waals surface area contributed by atoms with Gasteiger partial charge in [0.15, 0.2) is 0 Å². The monoisotopic (exact) mass is 362 g/mol. The van der Waals surface area contributed by atoms with Crippen LogP contribution in [0.15, 0.2) is 53.9 Å². The smallest absolute Gasteiger partial charge is 0.259 e. The molecule has 1 aliphatic rings. The average molecular weight is 362 g/mol. The van der Waals surface area contributed by atoms with Crippen molar-refractivity contribution in [3.05, 3.63) is 86.6 Å². The third-order valence-electron chi connectivity index (χ3n) is 4.85. The number of carbonyl (C=O) groups is 2. The summed E-state index contributed by atoms with van der Waals surface area (Å²) in [5, 5.41) is 1.73. The lowest BCUT2D eigenvalue weighted by Crippen LogP contribution is -2.30. The van der Waals surface area contributed by atoms with Gasteiger partial charge in [0.05, 0.1) is 17.0 Å². The van der Waals surface area contributed by atoms with Crippen molar-refractivity contribution in [3.63, 3.8) is 0 Å². The Labute approximate surface area is 155 Å². The average Bonchev–Trinajstić information content (AvgIpc) is 2.94. The minimum Gasteiger partial charge on any atom is -0.365 e. The molecular formula is C21H18N2O2S. The lowest BCUT2D eigenvalue weighted by molar-refractivity contribution is 0.0985. The molecule has 26 heavy (non-hydrogen) atoms. The van der Waals surface area contributed by atoms with E-state index in [-0.39, 0.29) is 5.91 Å². The largest absolute Gasteiger partial charge is 0.365 e. The van der Waals surface area contributed by atoms with Crippen LogP contribution in [-0.2, 0) is 13.0 Å². The van der Waals surface area contributed by atoms with Crippen LogP contribution in [0.4, 0.5) is 5.69 Å². The number of anilines is 1. The van der Waals surface area contributed by atoms with Gasteiger partial charge in [-0.1, -0.05) is 42.5 Å². The first-order valence-corrected chi connectivity index (χ1v) is 9.28. The lowest BCUT2D eigenvalue weighted by Gasteiger charge is -2.23. The fourth-order valence-electron chi connectivity index (χ4n) is 3.47. The van der Waals surface area contributed by atoms with E-state index in [0.29, 0.717) is 22.5 Å². The van der Waals surface area contributed by atoms with E-state index >= 15 is 0 Å². The summed E-state index contributed by atoms with van der Waals surface area (Å²) >= 11 is 1.23. The molecule has 0 saturated carbocycles. The standard InChI is InChI=1S/C21H18N2O2S/c1-13-17(12-26-19(13)20(22)24)21(25)23-11-16-8-3-2-6-14(16)10-15-7-4-5-9-18(15)23/h2-9,12H,10-11H2,1H3,(H2,22,24). The summed E-state index contributed by atoms with van der Waals surface area (Å²) in [6, 6.07) is 16.2. The number of benzene rings is 2. The summed E-state index contributed by atoms with van der Waals surface area (Å²) in [6.45, 7) is 2.29. The van der Waals surface area contributed by atoms with Crippen molar-refractivity contribution in [3.8, 4) is 0 Å². The zero-order chi connectivity index (χ0) is 18.3. The summed E-state index contributed by atoms with van der Waals surface area (Å²) in [5.74, 6) is -0.594. The summed E-state index contributed by atoms with van der Waals surface area (Å²) in [6.07, 6.45) is 0.797. The highest BCUT2D eigenvalue weighted by Crippen LogP contribution is 2.33. The van der Waals surface area contributed by atoms with Gasteiger partial charge in [0.2, 0.25) is 0 Å². The third-order valence-corrected chi connectivity index (χ3v) is 5.95. The molecule has 2 heterocycles. The van der Waals surface area contributed by atoms with Crippen LogP contribution < -0.4 is 10.6 Å². The van der Waals surface area contributed by atoms with Crippen molar-refractivity contribution in [2.45, 2.75) is 19.9 Å².